The van der Waals surface area contributed by atoms with E-state index < -0.39 is 11.7 Å². The van der Waals surface area contributed by atoms with Gasteiger partial charge in [0.25, 0.3) is 0 Å². The first kappa shape index (κ1) is 20.2. The van der Waals surface area contributed by atoms with Crippen molar-refractivity contribution in [1.82, 2.24) is 15.2 Å². The minimum absolute atomic E-state index is 0.0208. The maximum atomic E-state index is 12.7. The highest BCUT2D eigenvalue weighted by Crippen LogP contribution is 2.33. The average molecular weight is 407 g/mol. The SMILES string of the molecule is O=C(CN1CCN(c2ncc(C(F)(F)F)cc2Cl)CC1)NC[C@H]1CCCO1. The Hall–Kier alpha value is -1.58. The second-order valence-corrected chi connectivity index (χ2v) is 7.14. The molecule has 3 heterocycles. The van der Waals surface area contributed by atoms with Crippen LogP contribution in [0.25, 0.3) is 0 Å². The maximum Gasteiger partial charge on any atom is 0.417 e. The molecule has 1 aromatic rings. The van der Waals surface area contributed by atoms with E-state index in [1.54, 1.807) is 0 Å². The summed E-state index contributed by atoms with van der Waals surface area (Å²) in [7, 11) is 0. The van der Waals surface area contributed by atoms with E-state index in [0.29, 0.717) is 38.5 Å². The number of carbonyl (C=O) groups excluding carboxylic acids is 1. The number of hydrogen-bond donors (Lipinski definition) is 1. The van der Waals surface area contributed by atoms with Crippen LogP contribution in [0.2, 0.25) is 5.02 Å². The third kappa shape index (κ3) is 5.46. The molecule has 0 aromatic carbocycles. The number of nitrogens with zero attached hydrogens (tertiary/aromatic N) is 3. The Balaban J connectivity index is 1.46. The van der Waals surface area contributed by atoms with Crippen LogP contribution in [0.4, 0.5) is 19.0 Å². The molecule has 1 amide bonds. The monoisotopic (exact) mass is 406 g/mol. The number of piperazine rings is 1. The van der Waals surface area contributed by atoms with Crippen molar-refractivity contribution in [2.75, 3.05) is 50.8 Å². The van der Waals surface area contributed by atoms with E-state index in [0.717, 1.165) is 31.7 Å². The lowest BCUT2D eigenvalue weighted by Crippen LogP contribution is -2.50. The van der Waals surface area contributed by atoms with Crippen molar-refractivity contribution >= 4 is 23.3 Å². The number of aromatic nitrogens is 1. The number of amides is 1. The minimum Gasteiger partial charge on any atom is -0.376 e. The molecular weight excluding hydrogens is 385 g/mol. The Morgan fingerprint density at radius 1 is 1.33 bits per heavy atom. The number of hydrogen-bond acceptors (Lipinski definition) is 5. The molecule has 1 atom stereocenters. The fourth-order valence-corrected chi connectivity index (χ4v) is 3.51. The van der Waals surface area contributed by atoms with Crippen LogP contribution in [0.5, 0.6) is 0 Å². The molecule has 2 fully saturated rings. The van der Waals surface area contributed by atoms with E-state index in [4.69, 9.17) is 16.3 Å². The molecule has 0 aliphatic carbocycles. The zero-order chi connectivity index (χ0) is 19.4. The van der Waals surface area contributed by atoms with Gasteiger partial charge in [0, 0.05) is 45.5 Å². The Labute approximate surface area is 160 Å². The molecule has 10 heteroatoms. The van der Waals surface area contributed by atoms with Gasteiger partial charge in [-0.05, 0) is 18.9 Å². The minimum atomic E-state index is -4.47. The Kier molecular flexibility index (Phi) is 6.44. The van der Waals surface area contributed by atoms with Gasteiger partial charge in [-0.3, -0.25) is 9.69 Å². The van der Waals surface area contributed by atoms with Gasteiger partial charge in [-0.25, -0.2) is 4.98 Å². The van der Waals surface area contributed by atoms with Gasteiger partial charge in [0.2, 0.25) is 5.91 Å². The quantitative estimate of drug-likeness (QED) is 0.812. The van der Waals surface area contributed by atoms with Gasteiger partial charge in [-0.2, -0.15) is 13.2 Å². The fourth-order valence-electron chi connectivity index (χ4n) is 3.23. The number of carbonyl (C=O) groups is 1. The van der Waals surface area contributed by atoms with Crippen molar-refractivity contribution in [1.29, 1.82) is 0 Å². The number of alkyl halides is 3. The van der Waals surface area contributed by atoms with Gasteiger partial charge in [-0.15, -0.1) is 0 Å². The van der Waals surface area contributed by atoms with Gasteiger partial charge in [-0.1, -0.05) is 11.6 Å². The lowest BCUT2D eigenvalue weighted by molar-refractivity contribution is -0.137. The maximum absolute atomic E-state index is 12.7. The zero-order valence-electron chi connectivity index (χ0n) is 14.8. The van der Waals surface area contributed by atoms with Crippen LogP contribution < -0.4 is 10.2 Å². The number of pyridine rings is 1. The third-order valence-electron chi connectivity index (χ3n) is 4.74. The summed E-state index contributed by atoms with van der Waals surface area (Å²) in [5, 5.41) is 2.86. The standard InChI is InChI=1S/C17H22ClF3N4O2/c18-14-8-12(17(19,20)21)9-23-16(14)25-5-3-24(4-6-25)11-15(26)22-10-13-2-1-7-27-13/h8-9,13H,1-7,10-11H2,(H,22,26)/t13-/m1/s1. The highest BCUT2D eigenvalue weighted by Gasteiger charge is 2.32. The van der Waals surface area contributed by atoms with E-state index in [1.165, 1.54) is 0 Å². The molecule has 2 aliphatic rings. The van der Waals surface area contributed by atoms with Crippen molar-refractivity contribution in [3.8, 4) is 0 Å². The van der Waals surface area contributed by atoms with Gasteiger partial charge < -0.3 is 15.0 Å². The number of rotatable bonds is 5. The van der Waals surface area contributed by atoms with Crippen molar-refractivity contribution in [3.05, 3.63) is 22.8 Å². The largest absolute Gasteiger partial charge is 0.417 e. The summed E-state index contributed by atoms with van der Waals surface area (Å²) in [6.07, 6.45) is -1.56. The van der Waals surface area contributed by atoms with Crippen molar-refractivity contribution in [2.45, 2.75) is 25.1 Å². The van der Waals surface area contributed by atoms with Crippen molar-refractivity contribution in [2.24, 2.45) is 0 Å². The molecular formula is C17H22ClF3N4O2. The number of ether oxygens (including phenoxy) is 1. The van der Waals surface area contributed by atoms with Crippen LogP contribution in [-0.4, -0.2) is 67.8 Å². The molecule has 0 unspecified atom stereocenters. The van der Waals surface area contributed by atoms with Crippen molar-refractivity contribution in [3.63, 3.8) is 0 Å². The molecule has 0 bridgehead atoms. The highest BCUT2D eigenvalue weighted by molar-refractivity contribution is 6.33. The van der Waals surface area contributed by atoms with Crippen LogP contribution in [0.15, 0.2) is 12.3 Å². The number of nitrogens with one attached hydrogen (secondary N) is 1. The van der Waals surface area contributed by atoms with Crippen molar-refractivity contribution < 1.29 is 22.7 Å². The predicted molar refractivity (Wildman–Crippen MR) is 94.9 cm³/mol. The van der Waals surface area contributed by atoms with Crippen LogP contribution in [0, 0.1) is 0 Å². The molecule has 2 saturated heterocycles. The summed E-state index contributed by atoms with van der Waals surface area (Å²) >= 11 is 6.00. The lowest BCUT2D eigenvalue weighted by atomic mass is 10.2. The van der Waals surface area contributed by atoms with Gasteiger partial charge in [0.05, 0.1) is 23.2 Å². The van der Waals surface area contributed by atoms with E-state index >= 15 is 0 Å². The molecule has 6 nitrogen and oxygen atoms in total. The fraction of sp³-hybridized carbons (Fsp3) is 0.647. The van der Waals surface area contributed by atoms with E-state index in [9.17, 15) is 18.0 Å². The third-order valence-corrected chi connectivity index (χ3v) is 5.02. The topological polar surface area (TPSA) is 57.7 Å². The molecule has 1 N–H and O–H groups in total. The lowest BCUT2D eigenvalue weighted by Gasteiger charge is -2.35. The second-order valence-electron chi connectivity index (χ2n) is 6.73. The second kappa shape index (κ2) is 8.62. The molecule has 150 valence electrons. The Bertz CT molecular complexity index is 660. The molecule has 1 aromatic heterocycles. The molecule has 0 spiro atoms. The Morgan fingerprint density at radius 2 is 2.07 bits per heavy atom. The first-order chi connectivity index (χ1) is 12.8. The van der Waals surface area contributed by atoms with Crippen LogP contribution in [0.1, 0.15) is 18.4 Å². The summed E-state index contributed by atoms with van der Waals surface area (Å²) in [5.41, 5.74) is -0.863. The van der Waals surface area contributed by atoms with Gasteiger partial charge >= 0.3 is 6.18 Å². The van der Waals surface area contributed by atoms with E-state index in [2.05, 4.69) is 10.3 Å². The van der Waals surface area contributed by atoms with Crippen LogP contribution in [-0.2, 0) is 15.7 Å². The molecule has 27 heavy (non-hydrogen) atoms. The molecule has 0 saturated carbocycles. The highest BCUT2D eigenvalue weighted by atomic mass is 35.5. The normalized spacial score (nSPS) is 21.5. The van der Waals surface area contributed by atoms with Gasteiger partial charge in [0.1, 0.15) is 5.82 Å². The number of anilines is 1. The summed E-state index contributed by atoms with van der Waals surface area (Å²) in [5.74, 6) is 0.289. The molecule has 2 aliphatic heterocycles. The van der Waals surface area contributed by atoms with E-state index in [1.807, 2.05) is 9.80 Å². The van der Waals surface area contributed by atoms with Gasteiger partial charge in [0.15, 0.2) is 0 Å². The summed E-state index contributed by atoms with van der Waals surface area (Å²) in [4.78, 5) is 19.8. The first-order valence-electron chi connectivity index (χ1n) is 8.91. The Morgan fingerprint density at radius 3 is 2.67 bits per heavy atom. The number of halogens is 4. The molecule has 0 radical (unpaired) electrons. The summed E-state index contributed by atoms with van der Waals surface area (Å²) in [6, 6.07) is 0.898. The van der Waals surface area contributed by atoms with Crippen LogP contribution >= 0.6 is 11.6 Å². The smallest absolute Gasteiger partial charge is 0.376 e. The predicted octanol–water partition coefficient (Wildman–Crippen LogP) is 2.17. The van der Waals surface area contributed by atoms with E-state index in [-0.39, 0.29) is 23.6 Å². The molecule has 3 rings (SSSR count). The van der Waals surface area contributed by atoms with Crippen LogP contribution in [0.3, 0.4) is 0 Å². The first-order valence-corrected chi connectivity index (χ1v) is 9.29. The summed E-state index contributed by atoms with van der Waals surface area (Å²) in [6.45, 7) is 3.86. The zero-order valence-corrected chi connectivity index (χ0v) is 15.5. The summed E-state index contributed by atoms with van der Waals surface area (Å²) < 4.78 is 43.6. The average Bonchev–Trinajstić information content (AvgIpc) is 3.13.